The average molecular weight is 484 g/mol. The Morgan fingerprint density at radius 2 is 1.91 bits per heavy atom. The Morgan fingerprint density at radius 1 is 1.15 bits per heavy atom. The van der Waals surface area contributed by atoms with Gasteiger partial charge in [0.15, 0.2) is 5.65 Å². The van der Waals surface area contributed by atoms with E-state index < -0.39 is 5.60 Å². The van der Waals surface area contributed by atoms with Crippen molar-refractivity contribution in [1.29, 1.82) is 0 Å². The molecular formula is C21H22ClN9O3. The van der Waals surface area contributed by atoms with Gasteiger partial charge in [0.1, 0.15) is 18.0 Å². The number of benzene rings is 1. The van der Waals surface area contributed by atoms with E-state index in [1.165, 1.54) is 28.1 Å². The number of aliphatic hydroxyl groups is 1. The van der Waals surface area contributed by atoms with Crippen molar-refractivity contribution in [3.8, 4) is 5.69 Å². The van der Waals surface area contributed by atoms with Gasteiger partial charge < -0.3 is 10.0 Å². The molecule has 4 aromatic rings. The first-order valence-corrected chi connectivity index (χ1v) is 11.2. The molecule has 12 nitrogen and oxygen atoms in total. The van der Waals surface area contributed by atoms with E-state index in [1.807, 2.05) is 0 Å². The largest absolute Gasteiger partial charge is 0.388 e. The van der Waals surface area contributed by atoms with E-state index >= 15 is 0 Å². The average Bonchev–Trinajstić information content (AvgIpc) is 3.51. The fourth-order valence-corrected chi connectivity index (χ4v) is 4.26. The molecule has 1 aliphatic heterocycles. The number of carbonyl (C=O) groups is 1. The first-order chi connectivity index (χ1) is 16.4. The molecule has 1 saturated heterocycles. The number of tetrazole rings is 1. The quantitative estimate of drug-likeness (QED) is 0.422. The lowest BCUT2D eigenvalue weighted by Gasteiger charge is -2.38. The zero-order chi connectivity index (χ0) is 23.7. The first kappa shape index (κ1) is 22.2. The van der Waals surface area contributed by atoms with Crippen molar-refractivity contribution in [2.45, 2.75) is 38.0 Å². The predicted molar refractivity (Wildman–Crippen MR) is 121 cm³/mol. The van der Waals surface area contributed by atoms with Gasteiger partial charge in [-0.25, -0.2) is 14.3 Å². The van der Waals surface area contributed by atoms with E-state index in [1.54, 1.807) is 33.8 Å². The van der Waals surface area contributed by atoms with Crippen LogP contribution < -0.4 is 5.56 Å². The number of aromatic nitrogens is 8. The molecule has 4 heterocycles. The van der Waals surface area contributed by atoms with Gasteiger partial charge in [0.2, 0.25) is 5.91 Å². The van der Waals surface area contributed by atoms with Gasteiger partial charge in [-0.15, -0.1) is 5.10 Å². The number of hydrogen-bond donors (Lipinski definition) is 1. The first-order valence-electron chi connectivity index (χ1n) is 10.8. The Labute approximate surface area is 198 Å². The maximum atomic E-state index is 13.1. The molecule has 1 fully saturated rings. The van der Waals surface area contributed by atoms with Crippen molar-refractivity contribution in [3.63, 3.8) is 0 Å². The number of piperidine rings is 1. The Kier molecular flexibility index (Phi) is 5.84. The molecule has 0 bridgehead atoms. The minimum absolute atomic E-state index is 0.0209. The lowest BCUT2D eigenvalue weighted by Crippen LogP contribution is -2.49. The number of aryl methyl sites for hydroxylation is 1. The molecule has 176 valence electrons. The van der Waals surface area contributed by atoms with Crippen LogP contribution in [-0.4, -0.2) is 74.1 Å². The fraction of sp³-hybridized carbons (Fsp3) is 0.381. The molecule has 0 unspecified atom stereocenters. The molecule has 1 aromatic carbocycles. The highest BCUT2D eigenvalue weighted by Crippen LogP contribution is 2.25. The topological polar surface area (TPSA) is 137 Å². The molecule has 1 amide bonds. The standard InChI is InChI=1S/C21H22ClN9O3/c22-15-1-3-16(4-2-15)31-19-17(11-25-31)20(33)29(13-23-19)12-21(34)6-9-28(10-7-21)18(32)5-8-30-14-24-26-27-30/h1-4,11,13-14,34H,5-10,12H2. The predicted octanol–water partition coefficient (Wildman–Crippen LogP) is 0.666. The number of carbonyl (C=O) groups excluding carboxylic acids is 1. The summed E-state index contributed by atoms with van der Waals surface area (Å²) in [6.07, 6.45) is 5.37. The van der Waals surface area contributed by atoms with Crippen LogP contribution in [0.25, 0.3) is 16.7 Å². The molecule has 0 spiro atoms. The van der Waals surface area contributed by atoms with E-state index in [2.05, 4.69) is 25.6 Å². The zero-order valence-corrected chi connectivity index (χ0v) is 18.9. The van der Waals surface area contributed by atoms with Crippen LogP contribution in [0.15, 0.2) is 47.9 Å². The summed E-state index contributed by atoms with van der Waals surface area (Å²) in [5.41, 5.74) is -0.227. The molecule has 0 radical (unpaired) electrons. The molecule has 1 aliphatic rings. The van der Waals surface area contributed by atoms with Gasteiger partial charge in [-0.3, -0.25) is 14.2 Å². The van der Waals surface area contributed by atoms with Gasteiger partial charge in [-0.05, 0) is 47.5 Å². The second-order valence-corrected chi connectivity index (χ2v) is 8.81. The summed E-state index contributed by atoms with van der Waals surface area (Å²) in [6.45, 7) is 1.30. The minimum Gasteiger partial charge on any atom is -0.388 e. The second-order valence-electron chi connectivity index (χ2n) is 8.38. The van der Waals surface area contributed by atoms with Crippen LogP contribution in [-0.2, 0) is 17.9 Å². The maximum Gasteiger partial charge on any atom is 0.264 e. The van der Waals surface area contributed by atoms with Gasteiger partial charge in [-0.1, -0.05) is 11.6 Å². The van der Waals surface area contributed by atoms with Gasteiger partial charge in [0, 0.05) is 24.5 Å². The van der Waals surface area contributed by atoms with Crippen molar-refractivity contribution < 1.29 is 9.90 Å². The van der Waals surface area contributed by atoms with Crippen LogP contribution in [0.1, 0.15) is 19.3 Å². The van der Waals surface area contributed by atoms with Crippen molar-refractivity contribution in [2.24, 2.45) is 0 Å². The van der Waals surface area contributed by atoms with E-state index in [0.717, 1.165) is 5.69 Å². The lowest BCUT2D eigenvalue weighted by atomic mass is 9.91. The summed E-state index contributed by atoms with van der Waals surface area (Å²) in [7, 11) is 0. The maximum absolute atomic E-state index is 13.1. The summed E-state index contributed by atoms with van der Waals surface area (Å²) >= 11 is 5.95. The normalized spacial score (nSPS) is 15.6. The molecule has 0 atom stereocenters. The van der Waals surface area contributed by atoms with Crippen LogP contribution in [0.2, 0.25) is 5.02 Å². The fourth-order valence-electron chi connectivity index (χ4n) is 4.13. The van der Waals surface area contributed by atoms with Crippen LogP contribution >= 0.6 is 11.6 Å². The van der Waals surface area contributed by atoms with Gasteiger partial charge in [0.05, 0.1) is 30.6 Å². The Morgan fingerprint density at radius 3 is 2.62 bits per heavy atom. The summed E-state index contributed by atoms with van der Waals surface area (Å²) in [4.78, 5) is 31.7. The number of halogens is 1. The molecule has 1 N–H and O–H groups in total. The monoisotopic (exact) mass is 483 g/mol. The molecule has 3 aromatic heterocycles. The highest BCUT2D eigenvalue weighted by molar-refractivity contribution is 6.30. The van der Waals surface area contributed by atoms with E-state index in [9.17, 15) is 14.7 Å². The Bertz CT molecular complexity index is 1360. The van der Waals surface area contributed by atoms with Crippen LogP contribution in [0.5, 0.6) is 0 Å². The van der Waals surface area contributed by atoms with Gasteiger partial charge in [0.25, 0.3) is 5.56 Å². The third-order valence-corrected chi connectivity index (χ3v) is 6.34. The Hall–Kier alpha value is -3.64. The van der Waals surface area contributed by atoms with Crippen molar-refractivity contribution in [1.82, 2.24) is 44.4 Å². The third kappa shape index (κ3) is 4.41. The SMILES string of the molecule is O=C(CCn1cnnn1)N1CCC(O)(Cn2cnc3c(cnn3-c3ccc(Cl)cc3)c2=O)CC1. The number of nitrogens with zero attached hydrogens (tertiary/aromatic N) is 9. The summed E-state index contributed by atoms with van der Waals surface area (Å²) in [5, 5.41) is 27.2. The molecule has 13 heteroatoms. The van der Waals surface area contributed by atoms with E-state index in [0.29, 0.717) is 48.5 Å². The van der Waals surface area contributed by atoms with Crippen molar-refractivity contribution >= 4 is 28.5 Å². The highest BCUT2D eigenvalue weighted by Gasteiger charge is 2.34. The van der Waals surface area contributed by atoms with Crippen LogP contribution in [0, 0.1) is 0 Å². The summed E-state index contributed by atoms with van der Waals surface area (Å²) in [5.74, 6) is -0.0209. The number of rotatable bonds is 6. The molecule has 5 rings (SSSR count). The molecular weight excluding hydrogens is 462 g/mol. The zero-order valence-electron chi connectivity index (χ0n) is 18.2. The van der Waals surface area contributed by atoms with E-state index in [4.69, 9.17) is 11.6 Å². The van der Waals surface area contributed by atoms with Crippen molar-refractivity contribution in [2.75, 3.05) is 13.1 Å². The lowest BCUT2D eigenvalue weighted by molar-refractivity contribution is -0.136. The summed E-state index contributed by atoms with van der Waals surface area (Å²) in [6, 6.07) is 7.07. The number of amides is 1. The number of fused-ring (bicyclic) bond motifs is 1. The van der Waals surface area contributed by atoms with Crippen LogP contribution in [0.4, 0.5) is 0 Å². The molecule has 0 aliphatic carbocycles. The van der Waals surface area contributed by atoms with Crippen molar-refractivity contribution in [3.05, 3.63) is 58.5 Å². The second kappa shape index (κ2) is 8.95. The third-order valence-electron chi connectivity index (χ3n) is 6.08. The highest BCUT2D eigenvalue weighted by atomic mass is 35.5. The smallest absolute Gasteiger partial charge is 0.264 e. The number of likely N-dealkylation sites (tertiary alicyclic amines) is 1. The van der Waals surface area contributed by atoms with E-state index in [-0.39, 0.29) is 24.4 Å². The van der Waals surface area contributed by atoms with Gasteiger partial charge in [-0.2, -0.15) is 5.10 Å². The van der Waals surface area contributed by atoms with Crippen LogP contribution in [0.3, 0.4) is 0 Å². The minimum atomic E-state index is -1.11. The molecule has 34 heavy (non-hydrogen) atoms. The Balaban J connectivity index is 1.26. The van der Waals surface area contributed by atoms with Gasteiger partial charge >= 0.3 is 0 Å². The molecule has 0 saturated carbocycles. The summed E-state index contributed by atoms with van der Waals surface area (Å²) < 4.78 is 4.49. The number of hydrogen-bond acceptors (Lipinski definition) is 8.